The van der Waals surface area contributed by atoms with Crippen LogP contribution in [0.4, 0.5) is 14.9 Å². The molecule has 5 rings (SSSR count). The first-order valence-electron chi connectivity index (χ1n) is 14.2. The number of nitrogens with one attached hydrogen (secondary N) is 2. The summed E-state index contributed by atoms with van der Waals surface area (Å²) in [6.07, 6.45) is 4.09. The molecule has 2 aliphatic rings. The third-order valence-electron chi connectivity index (χ3n) is 7.59. The van der Waals surface area contributed by atoms with Crippen LogP contribution in [-0.4, -0.2) is 94.4 Å². The number of nitrogens with zero attached hydrogens (tertiary/aromatic N) is 6. The number of aromatic nitrogens is 4. The third kappa shape index (κ3) is 7.86. The second kappa shape index (κ2) is 13.6. The lowest BCUT2D eigenvalue weighted by molar-refractivity contribution is 0.0303. The number of ether oxygens (including phenoxy) is 1. The van der Waals surface area contributed by atoms with Crippen molar-refractivity contribution in [2.75, 3.05) is 57.8 Å². The highest BCUT2D eigenvalue weighted by Gasteiger charge is 2.22. The number of hydrogen-bond acceptors (Lipinski definition) is 7. The number of anilines is 1. The number of morpholine rings is 1. The molecule has 1 atom stereocenters. The highest BCUT2D eigenvalue weighted by Crippen LogP contribution is 2.24. The van der Waals surface area contributed by atoms with Gasteiger partial charge in [-0.1, -0.05) is 12.1 Å². The summed E-state index contributed by atoms with van der Waals surface area (Å²) in [6, 6.07) is 11.6. The summed E-state index contributed by atoms with van der Waals surface area (Å²) < 4.78 is 20.1. The average molecular weight is 565 g/mol. The van der Waals surface area contributed by atoms with Crippen molar-refractivity contribution in [3.63, 3.8) is 0 Å². The van der Waals surface area contributed by atoms with Crippen LogP contribution < -0.4 is 10.6 Å². The molecule has 0 bridgehead atoms. The van der Waals surface area contributed by atoms with Crippen LogP contribution in [0, 0.1) is 11.7 Å². The molecule has 3 heterocycles. The van der Waals surface area contributed by atoms with E-state index in [0.717, 1.165) is 38.9 Å². The highest BCUT2D eigenvalue weighted by atomic mass is 19.1. The zero-order valence-electron chi connectivity index (χ0n) is 23.4. The van der Waals surface area contributed by atoms with E-state index in [0.29, 0.717) is 61.4 Å². The Bertz CT molecular complexity index is 1330. The largest absolute Gasteiger partial charge is 0.378 e. The number of benzene rings is 2. The lowest BCUT2D eigenvalue weighted by Crippen LogP contribution is -2.40. The fourth-order valence-electron chi connectivity index (χ4n) is 5.53. The molecule has 2 aliphatic heterocycles. The van der Waals surface area contributed by atoms with E-state index in [4.69, 9.17) is 4.74 Å². The van der Waals surface area contributed by atoms with Crippen molar-refractivity contribution in [3.05, 3.63) is 59.4 Å². The molecular formula is C29H37FN8O3. The molecule has 12 heteroatoms. The van der Waals surface area contributed by atoms with E-state index >= 15 is 0 Å². The number of likely N-dealkylation sites (tertiary alicyclic amines) is 1. The first kappa shape index (κ1) is 28.6. The van der Waals surface area contributed by atoms with Gasteiger partial charge in [0.2, 0.25) is 0 Å². The number of urea groups is 1. The molecule has 0 saturated carbocycles. The molecule has 0 spiro atoms. The van der Waals surface area contributed by atoms with Gasteiger partial charge in [0.25, 0.3) is 5.91 Å². The van der Waals surface area contributed by atoms with Gasteiger partial charge in [-0.25, -0.2) is 13.9 Å². The molecule has 11 nitrogen and oxygen atoms in total. The summed E-state index contributed by atoms with van der Waals surface area (Å²) in [5.41, 5.74) is 2.74. The zero-order valence-corrected chi connectivity index (χ0v) is 23.4. The van der Waals surface area contributed by atoms with Crippen molar-refractivity contribution in [2.24, 2.45) is 13.0 Å². The van der Waals surface area contributed by atoms with Gasteiger partial charge in [0.1, 0.15) is 5.82 Å². The molecule has 0 radical (unpaired) electrons. The number of tetrazole rings is 1. The Morgan fingerprint density at radius 1 is 1.10 bits per heavy atom. The number of carbonyl (C=O) groups is 2. The van der Waals surface area contributed by atoms with Gasteiger partial charge in [0, 0.05) is 50.0 Å². The number of piperidine rings is 1. The Balaban J connectivity index is 1.13. The maximum atomic E-state index is 13.2. The van der Waals surface area contributed by atoms with E-state index in [-0.39, 0.29) is 17.8 Å². The van der Waals surface area contributed by atoms with Crippen LogP contribution >= 0.6 is 0 Å². The predicted octanol–water partition coefficient (Wildman–Crippen LogP) is 2.95. The van der Waals surface area contributed by atoms with Crippen LogP contribution in [-0.2, 0) is 18.2 Å². The van der Waals surface area contributed by atoms with Crippen LogP contribution in [0.25, 0.3) is 11.4 Å². The van der Waals surface area contributed by atoms with Gasteiger partial charge >= 0.3 is 6.03 Å². The van der Waals surface area contributed by atoms with Gasteiger partial charge in [-0.2, -0.15) is 0 Å². The predicted molar refractivity (Wildman–Crippen MR) is 152 cm³/mol. The first-order chi connectivity index (χ1) is 19.9. The SMILES string of the molecule is Cn1nnnc1-c1cc(NC(=O)NCCCN2CCC[C@@H](Cc3ccc(F)cc3)C2)cc(C(=O)N2CCOCC2)c1. The molecule has 3 aromatic rings. The number of halogens is 1. The summed E-state index contributed by atoms with van der Waals surface area (Å²) in [5, 5.41) is 17.5. The topological polar surface area (TPSA) is 118 Å². The minimum absolute atomic E-state index is 0.131. The van der Waals surface area contributed by atoms with Crippen molar-refractivity contribution in [3.8, 4) is 11.4 Å². The van der Waals surface area contributed by atoms with Gasteiger partial charge in [0.05, 0.1) is 13.2 Å². The summed E-state index contributed by atoms with van der Waals surface area (Å²) in [4.78, 5) is 30.2. The Labute approximate surface area is 239 Å². The van der Waals surface area contributed by atoms with Gasteiger partial charge in [-0.15, -0.1) is 5.10 Å². The lowest BCUT2D eigenvalue weighted by atomic mass is 9.91. The fraction of sp³-hybridized carbons (Fsp3) is 0.483. The fourth-order valence-corrected chi connectivity index (χ4v) is 5.53. The van der Waals surface area contributed by atoms with Gasteiger partial charge in [-0.3, -0.25) is 4.79 Å². The van der Waals surface area contributed by atoms with Crippen LogP contribution in [0.15, 0.2) is 42.5 Å². The molecule has 2 fully saturated rings. The van der Waals surface area contributed by atoms with Crippen molar-refractivity contribution in [2.45, 2.75) is 25.7 Å². The van der Waals surface area contributed by atoms with Crippen LogP contribution in [0.1, 0.15) is 35.2 Å². The Morgan fingerprint density at radius 2 is 1.90 bits per heavy atom. The second-order valence-electron chi connectivity index (χ2n) is 10.7. The van der Waals surface area contributed by atoms with E-state index in [1.807, 2.05) is 12.1 Å². The molecule has 218 valence electrons. The molecule has 1 aromatic heterocycles. The monoisotopic (exact) mass is 564 g/mol. The van der Waals surface area contributed by atoms with Crippen molar-refractivity contribution < 1.29 is 18.7 Å². The zero-order chi connectivity index (χ0) is 28.6. The van der Waals surface area contributed by atoms with Gasteiger partial charge < -0.3 is 25.2 Å². The number of aryl methyl sites for hydroxylation is 1. The molecule has 0 unspecified atom stereocenters. The number of carbonyl (C=O) groups excluding carboxylic acids is 2. The van der Waals surface area contributed by atoms with Crippen LogP contribution in [0.2, 0.25) is 0 Å². The highest BCUT2D eigenvalue weighted by molar-refractivity contribution is 5.98. The van der Waals surface area contributed by atoms with E-state index in [9.17, 15) is 14.0 Å². The van der Waals surface area contributed by atoms with Crippen molar-refractivity contribution >= 4 is 17.6 Å². The Hall–Kier alpha value is -3.90. The van der Waals surface area contributed by atoms with Crippen molar-refractivity contribution in [1.29, 1.82) is 0 Å². The third-order valence-corrected chi connectivity index (χ3v) is 7.59. The summed E-state index contributed by atoms with van der Waals surface area (Å²) in [6.45, 7) is 5.51. The summed E-state index contributed by atoms with van der Waals surface area (Å²) in [7, 11) is 1.72. The van der Waals surface area contributed by atoms with Gasteiger partial charge in [0.15, 0.2) is 5.82 Å². The van der Waals surface area contributed by atoms with Crippen LogP contribution in [0.5, 0.6) is 0 Å². The molecule has 41 heavy (non-hydrogen) atoms. The van der Waals surface area contributed by atoms with Crippen LogP contribution in [0.3, 0.4) is 0 Å². The molecular weight excluding hydrogens is 527 g/mol. The molecule has 3 amide bonds. The second-order valence-corrected chi connectivity index (χ2v) is 10.7. The smallest absolute Gasteiger partial charge is 0.319 e. The minimum atomic E-state index is -0.337. The van der Waals surface area contributed by atoms with E-state index in [1.165, 1.54) is 28.8 Å². The quantitative estimate of drug-likeness (QED) is 0.384. The number of hydrogen-bond donors (Lipinski definition) is 2. The maximum absolute atomic E-state index is 13.2. The van der Waals surface area contributed by atoms with Crippen molar-refractivity contribution in [1.82, 2.24) is 35.3 Å². The minimum Gasteiger partial charge on any atom is -0.378 e. The van der Waals surface area contributed by atoms with E-state index < -0.39 is 0 Å². The molecule has 2 saturated heterocycles. The van der Waals surface area contributed by atoms with Gasteiger partial charge in [-0.05, 0) is 91.0 Å². The van der Waals surface area contributed by atoms with E-state index in [2.05, 4.69) is 31.1 Å². The average Bonchev–Trinajstić information content (AvgIpc) is 3.42. The molecule has 2 aromatic carbocycles. The number of amides is 3. The maximum Gasteiger partial charge on any atom is 0.319 e. The Kier molecular flexibility index (Phi) is 9.52. The molecule has 2 N–H and O–H groups in total. The van der Waals surface area contributed by atoms with E-state index in [1.54, 1.807) is 30.1 Å². The first-order valence-corrected chi connectivity index (χ1v) is 14.2. The summed E-state index contributed by atoms with van der Waals surface area (Å²) >= 11 is 0. The molecule has 0 aliphatic carbocycles. The summed E-state index contributed by atoms with van der Waals surface area (Å²) in [5.74, 6) is 0.710. The number of rotatable bonds is 9. The Morgan fingerprint density at radius 3 is 2.66 bits per heavy atom. The standard InChI is InChI=1S/C29H37FN8O3/c1-36-27(33-34-35-36)23-17-24(28(39)38-12-14-41-15-13-38)19-26(18-23)32-29(40)31-9-3-11-37-10-2-4-22(20-37)16-21-5-7-25(30)8-6-21/h5-8,17-19,22H,2-4,9-16,20H2,1H3,(H2,31,32,40)/t22-/m0/s1. The lowest BCUT2D eigenvalue weighted by Gasteiger charge is -2.32. The normalized spacial score (nSPS) is 17.8.